The summed E-state index contributed by atoms with van der Waals surface area (Å²) in [5, 5.41) is 10.6. The molecule has 0 bridgehead atoms. The van der Waals surface area contributed by atoms with Crippen LogP contribution in [0.25, 0.3) is 0 Å². The third kappa shape index (κ3) is 2.93. The monoisotopic (exact) mass is 238 g/mol. The van der Waals surface area contributed by atoms with E-state index in [2.05, 4.69) is 20.5 Å². The number of aromatic nitrogens is 3. The molecule has 2 aromatic rings. The molecule has 0 fully saturated rings. The zero-order chi connectivity index (χ0) is 11.2. The van der Waals surface area contributed by atoms with Crippen molar-refractivity contribution in [2.24, 2.45) is 0 Å². The molecule has 0 radical (unpaired) electrons. The second kappa shape index (κ2) is 5.46. The summed E-state index contributed by atoms with van der Waals surface area (Å²) in [6.45, 7) is 0.730. The van der Waals surface area contributed by atoms with Crippen molar-refractivity contribution in [2.45, 2.75) is 12.3 Å². The highest BCUT2D eigenvalue weighted by atomic mass is 35.5. The third-order valence-corrected chi connectivity index (χ3v) is 2.25. The van der Waals surface area contributed by atoms with E-state index in [1.54, 1.807) is 12.4 Å². The Morgan fingerprint density at radius 2 is 2.06 bits per heavy atom. The van der Waals surface area contributed by atoms with Gasteiger partial charge in [-0.05, 0) is 24.1 Å². The van der Waals surface area contributed by atoms with Gasteiger partial charge in [0, 0.05) is 18.9 Å². The average Bonchev–Trinajstić information content (AvgIpc) is 2.78. The number of hydrogen-bond donors (Lipinski definition) is 1. The number of halogens is 1. The predicted octanol–water partition coefficient (Wildman–Crippen LogP) is 1.86. The lowest BCUT2D eigenvalue weighted by Crippen LogP contribution is -2.04. The average molecular weight is 239 g/mol. The molecule has 0 aliphatic carbocycles. The number of anilines is 1. The van der Waals surface area contributed by atoms with Crippen molar-refractivity contribution < 1.29 is 4.42 Å². The fourth-order valence-electron chi connectivity index (χ4n) is 1.24. The number of nitrogens with one attached hydrogen (secondary N) is 1. The zero-order valence-corrected chi connectivity index (χ0v) is 9.31. The smallest absolute Gasteiger partial charge is 0.315 e. The lowest BCUT2D eigenvalue weighted by molar-refractivity contribution is 0.525. The maximum atomic E-state index is 5.54. The van der Waals surface area contributed by atoms with Crippen molar-refractivity contribution in [1.82, 2.24) is 15.2 Å². The van der Waals surface area contributed by atoms with Gasteiger partial charge >= 0.3 is 6.01 Å². The molecule has 0 saturated heterocycles. The molecule has 1 N–H and O–H groups in total. The van der Waals surface area contributed by atoms with Gasteiger partial charge in [0.2, 0.25) is 5.89 Å². The van der Waals surface area contributed by atoms with Crippen molar-refractivity contribution in [2.75, 3.05) is 11.9 Å². The quantitative estimate of drug-likeness (QED) is 0.806. The van der Waals surface area contributed by atoms with Crippen molar-refractivity contribution in [3.05, 3.63) is 36.0 Å². The molecule has 0 amide bonds. The first-order valence-corrected chi connectivity index (χ1v) is 5.43. The van der Waals surface area contributed by atoms with Gasteiger partial charge < -0.3 is 9.73 Å². The van der Waals surface area contributed by atoms with Crippen LogP contribution in [0, 0.1) is 0 Å². The van der Waals surface area contributed by atoms with Crippen molar-refractivity contribution in [1.29, 1.82) is 0 Å². The maximum absolute atomic E-state index is 5.54. The first-order chi connectivity index (χ1) is 7.88. The Balaban J connectivity index is 1.80. The van der Waals surface area contributed by atoms with Crippen LogP contribution in [0.5, 0.6) is 0 Å². The van der Waals surface area contributed by atoms with Crippen LogP contribution in [0.3, 0.4) is 0 Å². The summed E-state index contributed by atoms with van der Waals surface area (Å²) in [6, 6.07) is 4.35. The molecule has 0 unspecified atom stereocenters. The van der Waals surface area contributed by atoms with E-state index in [4.69, 9.17) is 16.0 Å². The van der Waals surface area contributed by atoms with Crippen molar-refractivity contribution >= 4 is 17.6 Å². The molecule has 0 atom stereocenters. The van der Waals surface area contributed by atoms with E-state index in [1.165, 1.54) is 5.56 Å². The first-order valence-electron chi connectivity index (χ1n) is 4.89. The lowest BCUT2D eigenvalue weighted by Gasteiger charge is -2.00. The van der Waals surface area contributed by atoms with Gasteiger partial charge in [0.1, 0.15) is 5.88 Å². The van der Waals surface area contributed by atoms with Crippen LogP contribution in [0.4, 0.5) is 6.01 Å². The fraction of sp³-hybridized carbons (Fsp3) is 0.300. The minimum absolute atomic E-state index is 0.235. The van der Waals surface area contributed by atoms with E-state index in [0.717, 1.165) is 13.0 Å². The molecule has 16 heavy (non-hydrogen) atoms. The van der Waals surface area contributed by atoms with Gasteiger partial charge in [-0.15, -0.1) is 16.7 Å². The Kier molecular flexibility index (Phi) is 3.71. The molecule has 6 heteroatoms. The van der Waals surface area contributed by atoms with E-state index < -0.39 is 0 Å². The number of nitrogens with zero attached hydrogens (tertiary/aromatic N) is 3. The summed E-state index contributed by atoms with van der Waals surface area (Å²) < 4.78 is 5.19. The van der Waals surface area contributed by atoms with E-state index in [0.29, 0.717) is 11.9 Å². The molecule has 5 nitrogen and oxygen atoms in total. The van der Waals surface area contributed by atoms with E-state index >= 15 is 0 Å². The number of hydrogen-bond acceptors (Lipinski definition) is 5. The van der Waals surface area contributed by atoms with Gasteiger partial charge in [-0.3, -0.25) is 4.98 Å². The summed E-state index contributed by atoms with van der Waals surface area (Å²) >= 11 is 5.54. The van der Waals surface area contributed by atoms with Gasteiger partial charge in [0.05, 0.1) is 0 Å². The number of alkyl halides is 1. The summed E-state index contributed by atoms with van der Waals surface area (Å²) in [5.41, 5.74) is 1.21. The molecule has 2 rings (SSSR count). The number of rotatable bonds is 5. The highest BCUT2D eigenvalue weighted by Crippen LogP contribution is 2.07. The molecule has 2 heterocycles. The Morgan fingerprint density at radius 3 is 2.75 bits per heavy atom. The largest absolute Gasteiger partial charge is 0.407 e. The van der Waals surface area contributed by atoms with Gasteiger partial charge in [-0.2, -0.15) is 0 Å². The van der Waals surface area contributed by atoms with E-state index in [-0.39, 0.29) is 5.88 Å². The van der Waals surface area contributed by atoms with Gasteiger partial charge in [0.15, 0.2) is 0 Å². The molecule has 0 saturated carbocycles. The highest BCUT2D eigenvalue weighted by molar-refractivity contribution is 6.16. The van der Waals surface area contributed by atoms with Crippen molar-refractivity contribution in [3.63, 3.8) is 0 Å². The minimum atomic E-state index is 0.235. The molecule has 0 spiro atoms. The van der Waals surface area contributed by atoms with Gasteiger partial charge in [0.25, 0.3) is 0 Å². The Labute approximate surface area is 97.9 Å². The molecular formula is C10H11ClN4O. The molecule has 0 aliphatic rings. The molecule has 2 aromatic heterocycles. The number of pyridine rings is 1. The van der Waals surface area contributed by atoms with Gasteiger partial charge in [-0.25, -0.2) is 0 Å². The fourth-order valence-corrected chi connectivity index (χ4v) is 1.35. The Morgan fingerprint density at radius 1 is 1.25 bits per heavy atom. The van der Waals surface area contributed by atoms with Crippen LogP contribution >= 0.6 is 11.6 Å². The molecule has 0 aromatic carbocycles. The highest BCUT2D eigenvalue weighted by Gasteiger charge is 2.03. The van der Waals surface area contributed by atoms with E-state index in [1.807, 2.05) is 12.1 Å². The topological polar surface area (TPSA) is 63.8 Å². The second-order valence-corrected chi connectivity index (χ2v) is 3.43. The van der Waals surface area contributed by atoms with Crippen LogP contribution in [-0.4, -0.2) is 21.7 Å². The zero-order valence-electron chi connectivity index (χ0n) is 8.56. The van der Waals surface area contributed by atoms with Crippen LogP contribution < -0.4 is 5.32 Å². The minimum Gasteiger partial charge on any atom is -0.407 e. The standard InChI is InChI=1S/C10H11ClN4O/c11-7-9-14-15-10(16-9)13-6-3-8-1-4-12-5-2-8/h1-2,4-5H,3,6-7H2,(H,13,15). The van der Waals surface area contributed by atoms with Crippen LogP contribution in [-0.2, 0) is 12.3 Å². The SMILES string of the molecule is ClCc1nnc(NCCc2ccncc2)o1. The molecule has 84 valence electrons. The normalized spacial score (nSPS) is 10.3. The first kappa shape index (κ1) is 10.9. The maximum Gasteiger partial charge on any atom is 0.315 e. The Bertz CT molecular complexity index is 431. The van der Waals surface area contributed by atoms with Gasteiger partial charge in [-0.1, -0.05) is 5.10 Å². The van der Waals surface area contributed by atoms with Crippen LogP contribution in [0.1, 0.15) is 11.5 Å². The predicted molar refractivity (Wildman–Crippen MR) is 60.3 cm³/mol. The van der Waals surface area contributed by atoms with Crippen molar-refractivity contribution in [3.8, 4) is 0 Å². The lowest BCUT2D eigenvalue weighted by atomic mass is 10.2. The summed E-state index contributed by atoms with van der Waals surface area (Å²) in [4.78, 5) is 3.95. The Hall–Kier alpha value is -1.62. The van der Waals surface area contributed by atoms with Crippen LogP contribution in [0.15, 0.2) is 28.9 Å². The summed E-state index contributed by atoms with van der Waals surface area (Å²) in [6.07, 6.45) is 4.42. The van der Waals surface area contributed by atoms with Crippen LogP contribution in [0.2, 0.25) is 0 Å². The summed E-state index contributed by atoms with van der Waals surface area (Å²) in [5.74, 6) is 0.659. The molecular weight excluding hydrogens is 228 g/mol. The summed E-state index contributed by atoms with van der Waals surface area (Å²) in [7, 11) is 0. The molecule has 0 aliphatic heterocycles. The van der Waals surface area contributed by atoms with E-state index in [9.17, 15) is 0 Å². The third-order valence-electron chi connectivity index (χ3n) is 2.02. The second-order valence-electron chi connectivity index (χ2n) is 3.17.